The molecule has 0 fully saturated rings. The van der Waals surface area contributed by atoms with E-state index in [1.807, 2.05) is 19.1 Å². The second-order valence-electron chi connectivity index (χ2n) is 8.20. The average molecular weight is 461 g/mol. The predicted octanol–water partition coefficient (Wildman–Crippen LogP) is 4.45. The minimum absolute atomic E-state index is 0.0945. The Labute approximate surface area is 195 Å². The zero-order valence-corrected chi connectivity index (χ0v) is 19.2. The van der Waals surface area contributed by atoms with Gasteiger partial charge in [-0.2, -0.15) is 0 Å². The molecule has 2 heterocycles. The summed E-state index contributed by atoms with van der Waals surface area (Å²) in [5.74, 6) is 0.312. The molecule has 5 rings (SSSR count). The molecule has 7 heteroatoms. The zero-order chi connectivity index (χ0) is 22.8. The lowest BCUT2D eigenvalue weighted by molar-refractivity contribution is -0.123. The number of nitrogens with one attached hydrogen (secondary N) is 1. The van der Waals surface area contributed by atoms with Crippen molar-refractivity contribution in [3.63, 3.8) is 0 Å². The van der Waals surface area contributed by atoms with Crippen molar-refractivity contribution in [1.29, 1.82) is 0 Å². The molecule has 0 bridgehead atoms. The lowest BCUT2D eigenvalue weighted by atomic mass is 10.1. The number of carbonyl (C=O) groups is 1. The van der Waals surface area contributed by atoms with Crippen LogP contribution >= 0.6 is 11.3 Å². The Morgan fingerprint density at radius 1 is 1.15 bits per heavy atom. The summed E-state index contributed by atoms with van der Waals surface area (Å²) in [4.78, 5) is 28.9. The van der Waals surface area contributed by atoms with Gasteiger partial charge in [0.15, 0.2) is 6.61 Å². The Morgan fingerprint density at radius 2 is 1.97 bits per heavy atom. The van der Waals surface area contributed by atoms with Gasteiger partial charge in [0.1, 0.15) is 11.3 Å². The zero-order valence-electron chi connectivity index (χ0n) is 18.3. The SMILES string of the molecule is Cc1nc(-c2ccc(CCNC(=O)COc3ccc4c5c(c(=O)oc4c3)CCC5)cc2)cs1. The number of carbonyl (C=O) groups excluding carboxylic acids is 1. The molecule has 4 aromatic rings. The maximum Gasteiger partial charge on any atom is 0.339 e. The van der Waals surface area contributed by atoms with Gasteiger partial charge in [-0.25, -0.2) is 9.78 Å². The number of aryl methyl sites for hydroxylation is 2. The summed E-state index contributed by atoms with van der Waals surface area (Å²) in [6.45, 7) is 2.43. The van der Waals surface area contributed by atoms with E-state index in [4.69, 9.17) is 9.15 Å². The van der Waals surface area contributed by atoms with Crippen LogP contribution in [0, 0.1) is 6.92 Å². The van der Waals surface area contributed by atoms with Gasteiger partial charge < -0.3 is 14.5 Å². The Balaban J connectivity index is 1.12. The van der Waals surface area contributed by atoms with Gasteiger partial charge >= 0.3 is 5.63 Å². The summed E-state index contributed by atoms with van der Waals surface area (Å²) in [6.07, 6.45) is 3.39. The molecule has 6 nitrogen and oxygen atoms in total. The van der Waals surface area contributed by atoms with E-state index in [-0.39, 0.29) is 18.1 Å². The molecule has 2 aromatic carbocycles. The lowest BCUT2D eigenvalue weighted by Gasteiger charge is -2.09. The third-order valence-electron chi connectivity index (χ3n) is 5.92. The number of ether oxygens (including phenoxy) is 1. The third-order valence-corrected chi connectivity index (χ3v) is 6.69. The van der Waals surface area contributed by atoms with Crippen LogP contribution in [0.5, 0.6) is 5.75 Å². The molecule has 0 spiro atoms. The van der Waals surface area contributed by atoms with E-state index in [9.17, 15) is 9.59 Å². The number of benzene rings is 2. The number of hydrogen-bond donors (Lipinski definition) is 1. The van der Waals surface area contributed by atoms with Crippen molar-refractivity contribution in [3.05, 3.63) is 80.0 Å². The Hall–Kier alpha value is -3.45. The molecule has 0 unspecified atom stereocenters. The van der Waals surface area contributed by atoms with E-state index in [2.05, 4.69) is 39.9 Å². The van der Waals surface area contributed by atoms with Crippen LogP contribution in [0.1, 0.15) is 28.1 Å². The van der Waals surface area contributed by atoms with Gasteiger partial charge in [0.2, 0.25) is 0 Å². The highest BCUT2D eigenvalue weighted by atomic mass is 32.1. The van der Waals surface area contributed by atoms with Crippen molar-refractivity contribution in [3.8, 4) is 17.0 Å². The first-order chi connectivity index (χ1) is 16.1. The van der Waals surface area contributed by atoms with Gasteiger partial charge in [0.05, 0.1) is 10.7 Å². The minimum Gasteiger partial charge on any atom is -0.484 e. The molecule has 2 aromatic heterocycles. The second kappa shape index (κ2) is 9.19. The standard InChI is InChI=1S/C26H24N2O4S/c1-16-28-23(15-33-16)18-7-5-17(6-8-18)11-12-27-25(29)14-31-19-9-10-21-20-3-2-4-22(20)26(30)32-24(21)13-19/h5-10,13,15H,2-4,11-12,14H2,1H3,(H,27,29). The molecule has 0 saturated heterocycles. The van der Waals surface area contributed by atoms with Crippen LogP contribution in [-0.4, -0.2) is 24.0 Å². The molecule has 1 amide bonds. The minimum atomic E-state index is -0.264. The Morgan fingerprint density at radius 3 is 2.76 bits per heavy atom. The summed E-state index contributed by atoms with van der Waals surface area (Å²) in [6, 6.07) is 13.7. The largest absolute Gasteiger partial charge is 0.484 e. The van der Waals surface area contributed by atoms with Crippen LogP contribution in [-0.2, 0) is 24.1 Å². The number of nitrogens with zero attached hydrogens (tertiary/aromatic N) is 1. The van der Waals surface area contributed by atoms with Gasteiger partial charge in [0, 0.05) is 34.5 Å². The Kier molecular flexibility index (Phi) is 5.96. The maximum atomic E-state index is 12.2. The topological polar surface area (TPSA) is 81.4 Å². The van der Waals surface area contributed by atoms with E-state index in [0.29, 0.717) is 17.9 Å². The monoisotopic (exact) mass is 460 g/mol. The fourth-order valence-corrected chi connectivity index (χ4v) is 4.86. The summed E-state index contributed by atoms with van der Waals surface area (Å²) >= 11 is 1.64. The van der Waals surface area contributed by atoms with E-state index < -0.39 is 0 Å². The first-order valence-electron chi connectivity index (χ1n) is 11.1. The van der Waals surface area contributed by atoms with Crippen LogP contribution in [0.2, 0.25) is 0 Å². The van der Waals surface area contributed by atoms with Crippen LogP contribution in [0.4, 0.5) is 0 Å². The van der Waals surface area contributed by atoms with Gasteiger partial charge in [-0.1, -0.05) is 24.3 Å². The van der Waals surface area contributed by atoms with E-state index in [1.165, 1.54) is 0 Å². The highest BCUT2D eigenvalue weighted by Crippen LogP contribution is 2.29. The molecule has 1 aliphatic carbocycles. The van der Waals surface area contributed by atoms with Crippen molar-refractivity contribution in [2.24, 2.45) is 0 Å². The van der Waals surface area contributed by atoms with Crippen LogP contribution in [0.3, 0.4) is 0 Å². The molecular formula is C26H24N2O4S. The molecule has 168 valence electrons. The fraction of sp³-hybridized carbons (Fsp3) is 0.269. The summed E-state index contributed by atoms with van der Waals surface area (Å²) in [7, 11) is 0. The van der Waals surface area contributed by atoms with Crippen molar-refractivity contribution in [2.45, 2.75) is 32.6 Å². The Bertz CT molecular complexity index is 1370. The first-order valence-corrected chi connectivity index (χ1v) is 11.9. The van der Waals surface area contributed by atoms with Crippen molar-refractivity contribution in [1.82, 2.24) is 10.3 Å². The normalized spacial score (nSPS) is 12.6. The number of hydrogen-bond acceptors (Lipinski definition) is 6. The van der Waals surface area contributed by atoms with Crippen molar-refractivity contribution in [2.75, 3.05) is 13.2 Å². The molecule has 1 aliphatic rings. The van der Waals surface area contributed by atoms with Gasteiger partial charge in [0.25, 0.3) is 5.91 Å². The quantitative estimate of drug-likeness (QED) is 0.412. The molecule has 0 saturated carbocycles. The molecule has 1 N–H and O–H groups in total. The average Bonchev–Trinajstić information content (AvgIpc) is 3.48. The van der Waals surface area contributed by atoms with Crippen LogP contribution in [0.25, 0.3) is 22.2 Å². The van der Waals surface area contributed by atoms with Gasteiger partial charge in [-0.05, 0) is 55.9 Å². The molecule has 0 radical (unpaired) electrons. The van der Waals surface area contributed by atoms with Gasteiger partial charge in [-0.15, -0.1) is 11.3 Å². The van der Waals surface area contributed by atoms with E-state index >= 15 is 0 Å². The van der Waals surface area contributed by atoms with Crippen LogP contribution < -0.4 is 15.7 Å². The summed E-state index contributed by atoms with van der Waals surface area (Å²) in [5, 5.41) is 6.94. The predicted molar refractivity (Wildman–Crippen MR) is 129 cm³/mol. The van der Waals surface area contributed by atoms with E-state index in [1.54, 1.807) is 17.4 Å². The molecule has 0 atom stereocenters. The summed E-state index contributed by atoms with van der Waals surface area (Å²) in [5.41, 5.74) is 5.35. The number of aromatic nitrogens is 1. The number of amides is 1. The lowest BCUT2D eigenvalue weighted by Crippen LogP contribution is -2.30. The van der Waals surface area contributed by atoms with Gasteiger partial charge in [-0.3, -0.25) is 4.79 Å². The fourth-order valence-electron chi connectivity index (χ4n) is 4.24. The van der Waals surface area contributed by atoms with E-state index in [0.717, 1.165) is 64.0 Å². The number of thiazole rings is 1. The summed E-state index contributed by atoms with van der Waals surface area (Å²) < 4.78 is 11.1. The molecule has 0 aliphatic heterocycles. The molecule has 33 heavy (non-hydrogen) atoms. The maximum absolute atomic E-state index is 12.2. The third kappa shape index (κ3) is 4.68. The number of rotatable bonds is 7. The second-order valence-corrected chi connectivity index (χ2v) is 9.26. The number of fused-ring (bicyclic) bond motifs is 3. The van der Waals surface area contributed by atoms with Crippen molar-refractivity contribution >= 4 is 28.2 Å². The smallest absolute Gasteiger partial charge is 0.339 e. The highest BCUT2D eigenvalue weighted by Gasteiger charge is 2.19. The molecular weight excluding hydrogens is 436 g/mol. The first kappa shape index (κ1) is 21.4. The van der Waals surface area contributed by atoms with Crippen molar-refractivity contribution < 1.29 is 13.9 Å². The highest BCUT2D eigenvalue weighted by molar-refractivity contribution is 7.09. The van der Waals surface area contributed by atoms with Crippen LogP contribution in [0.15, 0.2) is 57.1 Å².